The molecule has 0 spiro atoms. The summed E-state index contributed by atoms with van der Waals surface area (Å²) in [6.07, 6.45) is 3.53. The van der Waals surface area contributed by atoms with Crippen molar-refractivity contribution in [2.24, 2.45) is 27.9 Å². The van der Waals surface area contributed by atoms with Gasteiger partial charge in [-0.25, -0.2) is 9.59 Å². The van der Waals surface area contributed by atoms with Gasteiger partial charge in [0.15, 0.2) is 11.8 Å². The van der Waals surface area contributed by atoms with E-state index in [0.717, 1.165) is 5.56 Å². The number of phenolic OH excluding ortho intramolecular Hbond substituents is 1. The molecule has 0 aliphatic carbocycles. The summed E-state index contributed by atoms with van der Waals surface area (Å²) in [7, 11) is 0. The highest BCUT2D eigenvalue weighted by molar-refractivity contribution is 5.82. The van der Waals surface area contributed by atoms with Crippen LogP contribution in [0, 0.1) is 0 Å². The number of hydrogen-bond donors (Lipinski definition) is 8. The van der Waals surface area contributed by atoms with Crippen LogP contribution in [0.25, 0.3) is 0 Å². The van der Waals surface area contributed by atoms with Gasteiger partial charge in [0.1, 0.15) is 17.8 Å². The molecule has 12 N–H and O–H groups in total. The molecule has 0 saturated carbocycles. The van der Waals surface area contributed by atoms with Crippen molar-refractivity contribution in [3.63, 3.8) is 0 Å². The topological polar surface area (TPSA) is 254 Å². The van der Waals surface area contributed by atoms with E-state index in [1.165, 1.54) is 0 Å². The minimum Gasteiger partial charge on any atom is -0.508 e. The molecular weight excluding hydrogens is 482 g/mol. The van der Waals surface area contributed by atoms with Gasteiger partial charge in [-0.1, -0.05) is 17.3 Å². The van der Waals surface area contributed by atoms with Crippen LogP contribution in [0.4, 0.5) is 4.79 Å². The number of rotatable bonds is 16. The highest BCUT2D eigenvalue weighted by Crippen LogP contribution is 2.21. The first kappa shape index (κ1) is 29.3. The number of carbonyl (C=O) groups is 2. The summed E-state index contributed by atoms with van der Waals surface area (Å²) in [5.74, 6) is -0.610. The van der Waals surface area contributed by atoms with Gasteiger partial charge in [-0.3, -0.25) is 4.99 Å². The normalized spacial score (nSPS) is 13.4. The molecule has 0 aliphatic rings. The summed E-state index contributed by atoms with van der Waals surface area (Å²) >= 11 is 0. The van der Waals surface area contributed by atoms with Crippen LogP contribution >= 0.6 is 0 Å². The number of aromatic nitrogens is 2. The van der Waals surface area contributed by atoms with Gasteiger partial charge in [-0.15, -0.1) is 0 Å². The largest absolute Gasteiger partial charge is 0.508 e. The van der Waals surface area contributed by atoms with E-state index in [2.05, 4.69) is 25.8 Å². The van der Waals surface area contributed by atoms with E-state index in [1.807, 2.05) is 0 Å². The zero-order valence-corrected chi connectivity index (χ0v) is 20.7. The Morgan fingerprint density at radius 2 is 1.76 bits per heavy atom. The van der Waals surface area contributed by atoms with Crippen molar-refractivity contribution >= 4 is 18.0 Å². The second kappa shape index (κ2) is 15.3. The van der Waals surface area contributed by atoms with Crippen molar-refractivity contribution in [2.45, 2.75) is 63.1 Å². The molecule has 2 rings (SSSR count). The predicted molar refractivity (Wildman–Crippen MR) is 136 cm³/mol. The number of hydrogen-bond acceptors (Lipinski definition) is 9. The van der Waals surface area contributed by atoms with Gasteiger partial charge in [0.25, 0.3) is 0 Å². The highest BCUT2D eigenvalue weighted by Gasteiger charge is 2.25. The maximum absolute atomic E-state index is 12.7. The van der Waals surface area contributed by atoms with Crippen LogP contribution in [0.15, 0.2) is 33.8 Å². The molecular formula is C23H37N9O5. The fourth-order valence-corrected chi connectivity index (χ4v) is 3.55. The minimum atomic E-state index is -1.16. The third-order valence-corrected chi connectivity index (χ3v) is 5.53. The molecule has 1 aromatic heterocycles. The van der Waals surface area contributed by atoms with E-state index in [1.54, 1.807) is 24.3 Å². The van der Waals surface area contributed by atoms with Crippen molar-refractivity contribution < 1.29 is 24.3 Å². The maximum atomic E-state index is 12.7. The third-order valence-electron chi connectivity index (χ3n) is 5.53. The van der Waals surface area contributed by atoms with Crippen LogP contribution in [0.3, 0.4) is 0 Å². The summed E-state index contributed by atoms with van der Waals surface area (Å²) in [6.45, 7) is 0.852. The first-order valence-electron chi connectivity index (χ1n) is 12.1. The first-order chi connectivity index (χ1) is 17.7. The van der Waals surface area contributed by atoms with E-state index in [9.17, 15) is 19.8 Å². The quantitative estimate of drug-likeness (QED) is 0.0854. The van der Waals surface area contributed by atoms with Crippen molar-refractivity contribution in [1.29, 1.82) is 0 Å². The molecule has 0 unspecified atom stereocenters. The number of urea groups is 1. The fourth-order valence-electron chi connectivity index (χ4n) is 3.55. The number of nitrogens with one attached hydrogen (secondary N) is 2. The lowest BCUT2D eigenvalue weighted by atomic mass is 10.1. The zero-order chi connectivity index (χ0) is 27.2. The summed E-state index contributed by atoms with van der Waals surface area (Å²) in [5, 5.41) is 28.1. The molecule has 37 heavy (non-hydrogen) atoms. The minimum absolute atomic E-state index is 0.0292. The molecule has 0 saturated heterocycles. The lowest BCUT2D eigenvalue weighted by Gasteiger charge is -2.19. The SMILES string of the molecule is NCCCC[C@H](NC(=O)N[C@@H](CCCCN=C(N)N)C(=O)O)c1nc([C@@H](N)Cc2ccc(O)cc2)no1. The Hall–Kier alpha value is -3.91. The molecule has 14 nitrogen and oxygen atoms in total. The summed E-state index contributed by atoms with van der Waals surface area (Å²) in [5.41, 5.74) is 23.3. The Kier molecular flexibility index (Phi) is 12.1. The molecule has 14 heteroatoms. The van der Waals surface area contributed by atoms with Crippen molar-refractivity contribution in [1.82, 2.24) is 20.8 Å². The van der Waals surface area contributed by atoms with Gasteiger partial charge in [-0.2, -0.15) is 4.98 Å². The molecule has 0 radical (unpaired) electrons. The van der Waals surface area contributed by atoms with Gasteiger partial charge >= 0.3 is 12.0 Å². The lowest BCUT2D eigenvalue weighted by Crippen LogP contribution is -2.47. The number of carbonyl (C=O) groups excluding carboxylic acids is 1. The number of nitrogens with two attached hydrogens (primary N) is 4. The Labute approximate surface area is 214 Å². The molecule has 0 bridgehead atoms. The number of aliphatic carboxylic acids is 1. The van der Waals surface area contributed by atoms with E-state index in [4.69, 9.17) is 27.5 Å². The molecule has 204 valence electrons. The van der Waals surface area contributed by atoms with E-state index >= 15 is 0 Å². The fraction of sp³-hybridized carbons (Fsp3) is 0.522. The average Bonchev–Trinajstić information content (AvgIpc) is 3.34. The number of phenols is 1. The van der Waals surface area contributed by atoms with Crippen molar-refractivity contribution in [2.75, 3.05) is 13.1 Å². The number of carboxylic acids is 1. The molecule has 3 atom stereocenters. The van der Waals surface area contributed by atoms with Gasteiger partial charge in [0.05, 0.1) is 6.04 Å². The van der Waals surface area contributed by atoms with Crippen LogP contribution in [0.5, 0.6) is 5.75 Å². The van der Waals surface area contributed by atoms with Gasteiger partial charge in [0.2, 0.25) is 5.89 Å². The Balaban J connectivity index is 2.00. The maximum Gasteiger partial charge on any atom is 0.326 e. The van der Waals surface area contributed by atoms with Crippen LogP contribution < -0.4 is 33.6 Å². The standard InChI is InChI=1S/C23H37N9O5/c24-11-3-1-5-17(29-23(36)30-18(21(34)35)6-2-4-12-28-22(26)27)20-31-19(32-37-20)16(25)13-14-7-9-15(33)10-8-14/h7-10,16-18,33H,1-6,11-13,24-25H2,(H,34,35)(H4,26,27,28)(H2,29,30,36)/t16-,17-,18-/m0/s1. The Morgan fingerprint density at radius 3 is 2.41 bits per heavy atom. The van der Waals surface area contributed by atoms with Crippen LogP contribution in [-0.2, 0) is 11.2 Å². The van der Waals surface area contributed by atoms with E-state index in [-0.39, 0.29) is 29.8 Å². The number of aromatic hydroxyl groups is 1. The predicted octanol–water partition coefficient (Wildman–Crippen LogP) is 0.384. The Bertz CT molecular complexity index is 1010. The molecule has 0 aliphatic heterocycles. The summed E-state index contributed by atoms with van der Waals surface area (Å²) < 4.78 is 5.40. The number of amides is 2. The number of nitrogens with zero attached hydrogens (tertiary/aromatic N) is 3. The first-order valence-corrected chi connectivity index (χ1v) is 12.1. The van der Waals surface area contributed by atoms with E-state index in [0.29, 0.717) is 51.6 Å². The van der Waals surface area contributed by atoms with Crippen molar-refractivity contribution in [3.8, 4) is 5.75 Å². The second-order valence-corrected chi connectivity index (χ2v) is 8.62. The Morgan fingerprint density at radius 1 is 1.05 bits per heavy atom. The smallest absolute Gasteiger partial charge is 0.326 e. The second-order valence-electron chi connectivity index (χ2n) is 8.62. The highest BCUT2D eigenvalue weighted by atomic mass is 16.5. The van der Waals surface area contributed by atoms with Crippen molar-refractivity contribution in [3.05, 3.63) is 41.5 Å². The number of benzene rings is 1. The molecule has 1 aromatic carbocycles. The molecule has 1 heterocycles. The van der Waals surface area contributed by atoms with Gasteiger partial charge in [-0.05, 0) is 69.2 Å². The molecule has 0 fully saturated rings. The lowest BCUT2D eigenvalue weighted by molar-refractivity contribution is -0.139. The number of unbranched alkanes of at least 4 members (excludes halogenated alkanes) is 2. The molecule has 2 amide bonds. The zero-order valence-electron chi connectivity index (χ0n) is 20.7. The summed E-state index contributed by atoms with van der Waals surface area (Å²) in [6, 6.07) is 3.61. The van der Waals surface area contributed by atoms with E-state index < -0.39 is 30.1 Å². The van der Waals surface area contributed by atoms with Gasteiger partial charge in [0, 0.05) is 6.54 Å². The average molecular weight is 520 g/mol. The molecule has 2 aromatic rings. The summed E-state index contributed by atoms with van der Waals surface area (Å²) in [4.78, 5) is 32.5. The van der Waals surface area contributed by atoms with Gasteiger partial charge < -0.3 is 48.3 Å². The number of guanidine groups is 1. The van der Waals surface area contributed by atoms with Crippen LogP contribution in [0.1, 0.15) is 67.9 Å². The van der Waals surface area contributed by atoms with Crippen LogP contribution in [0.2, 0.25) is 0 Å². The number of carboxylic acid groups (broad SMARTS) is 1. The number of aliphatic imine (C=N–C) groups is 1. The van der Waals surface area contributed by atoms with Crippen LogP contribution in [-0.4, -0.2) is 57.4 Å². The monoisotopic (exact) mass is 519 g/mol. The third kappa shape index (κ3) is 10.7.